The smallest absolute Gasteiger partial charge is 0.274 e. The first-order valence-electron chi connectivity index (χ1n) is 11.1. The van der Waals surface area contributed by atoms with Gasteiger partial charge in [0.15, 0.2) is 4.96 Å². The molecule has 0 unspecified atom stereocenters. The highest BCUT2D eigenvalue weighted by Gasteiger charge is 2.26. The van der Waals surface area contributed by atoms with E-state index in [1.54, 1.807) is 55.5 Å². The minimum Gasteiger partial charge on any atom is -0.457 e. The van der Waals surface area contributed by atoms with Crippen molar-refractivity contribution >= 4 is 55.4 Å². The van der Waals surface area contributed by atoms with Gasteiger partial charge in [-0.15, -0.1) is 0 Å². The van der Waals surface area contributed by atoms with Crippen LogP contribution in [-0.4, -0.2) is 21.2 Å². The van der Waals surface area contributed by atoms with E-state index in [0.717, 1.165) is 20.2 Å². The van der Waals surface area contributed by atoms with Crippen molar-refractivity contribution in [2.75, 3.05) is 10.6 Å². The van der Waals surface area contributed by atoms with Gasteiger partial charge in [0.05, 0.1) is 0 Å². The zero-order chi connectivity index (χ0) is 25.9. The molecule has 2 amide bonds. The summed E-state index contributed by atoms with van der Waals surface area (Å²) in [5.41, 5.74) is 0.981. The van der Waals surface area contributed by atoms with Crippen molar-refractivity contribution < 1.29 is 14.3 Å². The number of amides is 2. The topological polar surface area (TPSA) is 102 Å². The van der Waals surface area contributed by atoms with Crippen LogP contribution in [0, 0.1) is 6.92 Å². The standard InChI is InChI=1S/C27H19BrN4O4S/c1-16-15-22(33)32-23(25(34)30-18-9-7-17(28)8-10-18)24(37-27(32)29-16)26(35)31-19-11-13-21(14-12-19)36-20-5-3-2-4-6-20/h2-15H,1H3,(H,30,34)(H,31,35). The molecule has 5 aromatic rings. The number of benzene rings is 3. The van der Waals surface area contributed by atoms with Crippen LogP contribution in [0.2, 0.25) is 0 Å². The fourth-order valence-electron chi connectivity index (χ4n) is 3.59. The number of carbonyl (C=O) groups is 2. The molecule has 0 fully saturated rings. The average molecular weight is 575 g/mol. The number of halogens is 1. The second-order valence-electron chi connectivity index (χ2n) is 7.99. The Bertz CT molecular complexity index is 1660. The van der Waals surface area contributed by atoms with E-state index in [9.17, 15) is 14.4 Å². The molecule has 0 aliphatic rings. The van der Waals surface area contributed by atoms with Gasteiger partial charge in [-0.25, -0.2) is 9.38 Å². The minimum absolute atomic E-state index is 0.0643. The Morgan fingerprint density at radius 2 is 1.46 bits per heavy atom. The highest BCUT2D eigenvalue weighted by molar-refractivity contribution is 9.10. The third-order valence-corrected chi connectivity index (χ3v) is 6.83. The van der Waals surface area contributed by atoms with E-state index >= 15 is 0 Å². The number of thiazole rings is 1. The maximum absolute atomic E-state index is 13.3. The van der Waals surface area contributed by atoms with E-state index in [1.165, 1.54) is 6.07 Å². The predicted molar refractivity (Wildman–Crippen MR) is 147 cm³/mol. The molecule has 0 saturated heterocycles. The Kier molecular flexibility index (Phi) is 6.85. The molecule has 8 nitrogen and oxygen atoms in total. The van der Waals surface area contributed by atoms with Crippen molar-refractivity contribution in [2.24, 2.45) is 0 Å². The molecule has 0 spiro atoms. The molecule has 0 aliphatic carbocycles. The van der Waals surface area contributed by atoms with Crippen molar-refractivity contribution in [3.8, 4) is 11.5 Å². The quantitative estimate of drug-likeness (QED) is 0.254. The van der Waals surface area contributed by atoms with Crippen molar-refractivity contribution in [3.63, 3.8) is 0 Å². The Morgan fingerprint density at radius 1 is 0.865 bits per heavy atom. The van der Waals surface area contributed by atoms with E-state index in [1.807, 2.05) is 30.3 Å². The first kappa shape index (κ1) is 24.4. The zero-order valence-electron chi connectivity index (χ0n) is 19.4. The molecular formula is C27H19BrN4O4S. The Morgan fingerprint density at radius 3 is 2.14 bits per heavy atom. The van der Waals surface area contributed by atoms with Gasteiger partial charge in [0.1, 0.15) is 22.1 Å². The normalized spacial score (nSPS) is 10.8. The van der Waals surface area contributed by atoms with Gasteiger partial charge in [0.25, 0.3) is 17.4 Å². The number of aromatic nitrogens is 2. The van der Waals surface area contributed by atoms with Gasteiger partial charge in [0, 0.05) is 27.6 Å². The van der Waals surface area contributed by atoms with Gasteiger partial charge in [-0.2, -0.15) is 0 Å². The summed E-state index contributed by atoms with van der Waals surface area (Å²) in [7, 11) is 0. The summed E-state index contributed by atoms with van der Waals surface area (Å²) in [4.78, 5) is 44.1. The molecule has 0 aliphatic heterocycles. The van der Waals surface area contributed by atoms with Crippen LogP contribution >= 0.6 is 27.3 Å². The van der Waals surface area contributed by atoms with Gasteiger partial charge >= 0.3 is 0 Å². The van der Waals surface area contributed by atoms with Crippen molar-refractivity contribution in [1.82, 2.24) is 9.38 Å². The number of para-hydroxylation sites is 1. The summed E-state index contributed by atoms with van der Waals surface area (Å²) in [5.74, 6) is 0.161. The third-order valence-electron chi connectivity index (χ3n) is 5.26. The number of ether oxygens (including phenoxy) is 1. The maximum Gasteiger partial charge on any atom is 0.274 e. The number of aryl methyl sites for hydroxylation is 1. The molecule has 37 heavy (non-hydrogen) atoms. The number of fused-ring (bicyclic) bond motifs is 1. The highest BCUT2D eigenvalue weighted by atomic mass is 79.9. The molecular weight excluding hydrogens is 556 g/mol. The van der Waals surface area contributed by atoms with Crippen LogP contribution in [0.4, 0.5) is 11.4 Å². The van der Waals surface area contributed by atoms with Crippen molar-refractivity contribution in [2.45, 2.75) is 6.92 Å². The van der Waals surface area contributed by atoms with E-state index in [0.29, 0.717) is 28.6 Å². The lowest BCUT2D eigenvalue weighted by molar-refractivity contribution is 0.0989. The zero-order valence-corrected chi connectivity index (χ0v) is 21.8. The first-order valence-corrected chi connectivity index (χ1v) is 12.7. The molecule has 5 rings (SSSR count). The lowest BCUT2D eigenvalue weighted by atomic mass is 10.2. The van der Waals surface area contributed by atoms with Gasteiger partial charge in [-0.05, 0) is 67.6 Å². The van der Waals surface area contributed by atoms with E-state index in [4.69, 9.17) is 4.74 Å². The molecule has 0 radical (unpaired) electrons. The lowest BCUT2D eigenvalue weighted by Crippen LogP contribution is -2.25. The minimum atomic E-state index is -0.599. The second kappa shape index (κ2) is 10.4. The molecule has 2 aromatic heterocycles. The lowest BCUT2D eigenvalue weighted by Gasteiger charge is -2.09. The third kappa shape index (κ3) is 5.45. The number of hydrogen-bond acceptors (Lipinski definition) is 6. The largest absolute Gasteiger partial charge is 0.457 e. The van der Waals surface area contributed by atoms with Crippen LogP contribution in [0.1, 0.15) is 25.9 Å². The van der Waals surface area contributed by atoms with Crippen molar-refractivity contribution in [3.05, 3.63) is 116 Å². The van der Waals surface area contributed by atoms with Crippen LogP contribution < -0.4 is 20.9 Å². The number of nitrogens with one attached hydrogen (secondary N) is 2. The number of nitrogens with zero attached hydrogens (tertiary/aromatic N) is 2. The molecule has 2 N–H and O–H groups in total. The Hall–Kier alpha value is -4.28. The van der Waals surface area contributed by atoms with Gasteiger partial charge < -0.3 is 15.4 Å². The SMILES string of the molecule is Cc1cc(=O)n2c(C(=O)Nc3ccc(Br)cc3)c(C(=O)Nc3ccc(Oc4ccccc4)cc3)sc2n1. The molecule has 0 bridgehead atoms. The predicted octanol–water partition coefficient (Wildman–Crippen LogP) is 6.12. The van der Waals surface area contributed by atoms with Crippen molar-refractivity contribution in [1.29, 1.82) is 0 Å². The molecule has 2 heterocycles. The second-order valence-corrected chi connectivity index (χ2v) is 9.88. The Balaban J connectivity index is 1.44. The maximum atomic E-state index is 13.3. The number of carbonyl (C=O) groups excluding carboxylic acids is 2. The average Bonchev–Trinajstić information content (AvgIpc) is 3.27. The fraction of sp³-hybridized carbons (Fsp3) is 0.0370. The number of anilines is 2. The summed E-state index contributed by atoms with van der Waals surface area (Å²) in [6.45, 7) is 1.68. The van der Waals surface area contributed by atoms with Crippen LogP contribution in [-0.2, 0) is 0 Å². The summed E-state index contributed by atoms with van der Waals surface area (Å²) in [6.07, 6.45) is 0. The van der Waals surface area contributed by atoms with Gasteiger partial charge in [-0.3, -0.25) is 14.4 Å². The summed E-state index contributed by atoms with van der Waals surface area (Å²) >= 11 is 4.33. The summed E-state index contributed by atoms with van der Waals surface area (Å²) in [6, 6.07) is 24.5. The van der Waals surface area contributed by atoms with Crippen LogP contribution in [0.3, 0.4) is 0 Å². The molecule has 0 atom stereocenters. The highest BCUT2D eigenvalue weighted by Crippen LogP contribution is 2.26. The van der Waals surface area contributed by atoms with Crippen LogP contribution in [0.25, 0.3) is 4.96 Å². The fourth-order valence-corrected chi connectivity index (χ4v) is 4.92. The van der Waals surface area contributed by atoms with Gasteiger partial charge in [0.2, 0.25) is 0 Å². The number of hydrogen-bond donors (Lipinski definition) is 2. The molecule has 184 valence electrons. The molecule has 10 heteroatoms. The van der Waals surface area contributed by atoms with Gasteiger partial charge in [-0.1, -0.05) is 45.5 Å². The van der Waals surface area contributed by atoms with Crippen LogP contribution in [0.15, 0.2) is 94.2 Å². The van der Waals surface area contributed by atoms with E-state index < -0.39 is 17.4 Å². The monoisotopic (exact) mass is 574 g/mol. The van der Waals surface area contributed by atoms with E-state index in [2.05, 4.69) is 31.5 Å². The van der Waals surface area contributed by atoms with Crippen LogP contribution in [0.5, 0.6) is 11.5 Å². The molecule has 0 saturated carbocycles. The summed E-state index contributed by atoms with van der Waals surface area (Å²) in [5, 5.41) is 5.56. The Labute approximate surface area is 223 Å². The summed E-state index contributed by atoms with van der Waals surface area (Å²) < 4.78 is 7.80. The van der Waals surface area contributed by atoms with E-state index in [-0.39, 0.29) is 15.5 Å². The number of rotatable bonds is 6. The first-order chi connectivity index (χ1) is 17.9. The molecule has 3 aromatic carbocycles.